The van der Waals surface area contributed by atoms with Crippen molar-refractivity contribution in [1.29, 1.82) is 0 Å². The van der Waals surface area contributed by atoms with Gasteiger partial charge in [-0.3, -0.25) is 4.79 Å². The molecule has 1 aromatic carbocycles. The molecule has 2 aliphatic heterocycles. The van der Waals surface area contributed by atoms with Crippen molar-refractivity contribution in [3.8, 4) is 11.5 Å². The summed E-state index contributed by atoms with van der Waals surface area (Å²) in [6.07, 6.45) is 2.33. The van der Waals surface area contributed by atoms with Crippen molar-refractivity contribution < 1.29 is 18.7 Å². The minimum atomic E-state index is -0.737. The smallest absolute Gasteiger partial charge is 0.230 e. The molecule has 148 valence electrons. The predicted molar refractivity (Wildman–Crippen MR) is 103 cm³/mol. The summed E-state index contributed by atoms with van der Waals surface area (Å²) in [6.45, 7) is 6.01. The summed E-state index contributed by atoms with van der Waals surface area (Å²) in [7, 11) is 0. The number of halogens is 1. The van der Waals surface area contributed by atoms with Gasteiger partial charge in [-0.15, -0.1) is 0 Å². The van der Waals surface area contributed by atoms with E-state index in [1.54, 1.807) is 12.3 Å². The molecule has 4 rings (SSSR count). The number of pyridine rings is 1. The molecular weight excluding hydrogens is 361 g/mol. The van der Waals surface area contributed by atoms with Crippen LogP contribution in [-0.2, 0) is 10.2 Å². The number of aromatic nitrogens is 1. The average Bonchev–Trinajstić information content (AvgIpc) is 3.16. The van der Waals surface area contributed by atoms with Crippen molar-refractivity contribution in [3.63, 3.8) is 0 Å². The summed E-state index contributed by atoms with van der Waals surface area (Å²) in [5.74, 6) is 1.30. The number of nitrogens with zero attached hydrogens (tertiary/aromatic N) is 2. The molecule has 7 heteroatoms. The van der Waals surface area contributed by atoms with Crippen LogP contribution < -0.4 is 19.7 Å². The first-order valence-corrected chi connectivity index (χ1v) is 9.52. The van der Waals surface area contributed by atoms with Gasteiger partial charge in [-0.1, -0.05) is 6.07 Å². The zero-order valence-electron chi connectivity index (χ0n) is 16.1. The van der Waals surface area contributed by atoms with E-state index in [0.717, 1.165) is 12.0 Å². The topological polar surface area (TPSA) is 63.7 Å². The van der Waals surface area contributed by atoms with Crippen LogP contribution in [0.4, 0.5) is 10.2 Å². The number of anilines is 1. The van der Waals surface area contributed by atoms with Crippen molar-refractivity contribution in [2.45, 2.75) is 31.7 Å². The van der Waals surface area contributed by atoms with E-state index < -0.39 is 5.41 Å². The highest BCUT2D eigenvalue weighted by molar-refractivity contribution is 5.88. The van der Waals surface area contributed by atoms with Gasteiger partial charge < -0.3 is 19.7 Å². The van der Waals surface area contributed by atoms with E-state index in [1.165, 1.54) is 6.07 Å². The van der Waals surface area contributed by atoms with Gasteiger partial charge >= 0.3 is 0 Å². The molecule has 0 aliphatic carbocycles. The van der Waals surface area contributed by atoms with Crippen LogP contribution in [0.3, 0.4) is 0 Å². The summed E-state index contributed by atoms with van der Waals surface area (Å²) in [6, 6.07) is 8.55. The number of fused-ring (bicyclic) bond motifs is 1. The van der Waals surface area contributed by atoms with E-state index in [0.29, 0.717) is 43.6 Å². The molecule has 1 amide bonds. The largest absolute Gasteiger partial charge is 0.486 e. The molecule has 0 spiro atoms. The van der Waals surface area contributed by atoms with Gasteiger partial charge in [0.2, 0.25) is 5.91 Å². The Morgan fingerprint density at radius 3 is 2.82 bits per heavy atom. The highest BCUT2D eigenvalue weighted by Gasteiger charge is 2.34. The zero-order chi connectivity index (χ0) is 19.7. The molecule has 2 aliphatic rings. The molecule has 1 unspecified atom stereocenters. The van der Waals surface area contributed by atoms with Gasteiger partial charge in [-0.25, -0.2) is 9.37 Å². The van der Waals surface area contributed by atoms with Crippen LogP contribution in [0.2, 0.25) is 0 Å². The Bertz CT molecular complexity index is 887. The Morgan fingerprint density at radius 2 is 2.04 bits per heavy atom. The fourth-order valence-electron chi connectivity index (χ4n) is 3.61. The second-order valence-corrected chi connectivity index (χ2v) is 7.70. The number of hydrogen-bond donors (Lipinski definition) is 1. The number of carbonyl (C=O) groups excluding carboxylic acids is 1. The van der Waals surface area contributed by atoms with Crippen molar-refractivity contribution in [2.24, 2.45) is 0 Å². The van der Waals surface area contributed by atoms with E-state index in [4.69, 9.17) is 9.47 Å². The standard InChI is InChI=1S/C21H24FN3O3/c1-21(2,14-5-6-17-18(12-14)28-11-10-27-17)20(26)24-15-7-9-25(13-15)19-16(22)4-3-8-23-19/h3-6,8,12,15H,7,9-11,13H2,1-2H3,(H,24,26). The Balaban J connectivity index is 1.44. The van der Waals surface area contributed by atoms with Gasteiger partial charge in [0.25, 0.3) is 0 Å². The molecule has 1 fully saturated rings. The van der Waals surface area contributed by atoms with Crippen LogP contribution in [0.1, 0.15) is 25.8 Å². The fraction of sp³-hybridized carbons (Fsp3) is 0.429. The molecule has 1 saturated heterocycles. The molecule has 1 atom stereocenters. The molecule has 28 heavy (non-hydrogen) atoms. The third kappa shape index (κ3) is 3.48. The molecule has 0 radical (unpaired) electrons. The fourth-order valence-corrected chi connectivity index (χ4v) is 3.61. The van der Waals surface area contributed by atoms with Crippen molar-refractivity contribution in [1.82, 2.24) is 10.3 Å². The number of nitrogens with one attached hydrogen (secondary N) is 1. The third-order valence-corrected chi connectivity index (χ3v) is 5.39. The van der Waals surface area contributed by atoms with Gasteiger partial charge in [0, 0.05) is 25.3 Å². The predicted octanol–water partition coefficient (Wildman–Crippen LogP) is 2.66. The average molecular weight is 385 g/mol. The second kappa shape index (κ2) is 7.30. The molecular formula is C21H24FN3O3. The first kappa shape index (κ1) is 18.5. The van der Waals surface area contributed by atoms with Crippen molar-refractivity contribution in [2.75, 3.05) is 31.2 Å². The summed E-state index contributed by atoms with van der Waals surface area (Å²) < 4.78 is 25.2. The van der Waals surface area contributed by atoms with Crippen LogP contribution in [0.25, 0.3) is 0 Å². The maximum atomic E-state index is 14.0. The van der Waals surface area contributed by atoms with E-state index >= 15 is 0 Å². The Kier molecular flexibility index (Phi) is 4.83. The first-order valence-electron chi connectivity index (χ1n) is 9.52. The lowest BCUT2D eigenvalue weighted by Crippen LogP contribution is -2.46. The molecule has 1 aromatic heterocycles. The summed E-state index contributed by atoms with van der Waals surface area (Å²) >= 11 is 0. The van der Waals surface area contributed by atoms with E-state index in [2.05, 4.69) is 10.3 Å². The maximum absolute atomic E-state index is 14.0. The molecule has 6 nitrogen and oxygen atoms in total. The number of amides is 1. The van der Waals surface area contributed by atoms with E-state index in [9.17, 15) is 9.18 Å². The third-order valence-electron chi connectivity index (χ3n) is 5.39. The maximum Gasteiger partial charge on any atom is 0.230 e. The highest BCUT2D eigenvalue weighted by Crippen LogP contribution is 2.35. The minimum absolute atomic E-state index is 0.0506. The lowest BCUT2D eigenvalue weighted by Gasteiger charge is -2.28. The van der Waals surface area contributed by atoms with E-state index in [1.807, 2.05) is 36.9 Å². The summed E-state index contributed by atoms with van der Waals surface area (Å²) in [5, 5.41) is 3.11. The van der Waals surface area contributed by atoms with Crippen LogP contribution in [-0.4, -0.2) is 43.2 Å². The summed E-state index contributed by atoms with van der Waals surface area (Å²) in [4.78, 5) is 19.0. The van der Waals surface area contributed by atoms with Gasteiger partial charge in [-0.05, 0) is 50.1 Å². The first-order chi connectivity index (χ1) is 13.4. The summed E-state index contributed by atoms with van der Waals surface area (Å²) in [5.41, 5.74) is 0.124. The van der Waals surface area contributed by atoms with Gasteiger partial charge in [0.15, 0.2) is 23.1 Å². The lowest BCUT2D eigenvalue weighted by molar-refractivity contribution is -0.126. The van der Waals surface area contributed by atoms with E-state index in [-0.39, 0.29) is 17.8 Å². The molecule has 0 bridgehead atoms. The number of benzene rings is 1. The minimum Gasteiger partial charge on any atom is -0.486 e. The van der Waals surface area contributed by atoms with Gasteiger partial charge in [-0.2, -0.15) is 0 Å². The Morgan fingerprint density at radius 1 is 1.25 bits per heavy atom. The number of carbonyl (C=O) groups is 1. The van der Waals surface area contributed by atoms with Crippen LogP contribution in [0.15, 0.2) is 36.5 Å². The normalized spacial score (nSPS) is 18.8. The number of ether oxygens (including phenoxy) is 2. The number of rotatable bonds is 4. The highest BCUT2D eigenvalue weighted by atomic mass is 19.1. The molecule has 3 heterocycles. The Hall–Kier alpha value is -2.83. The molecule has 2 aromatic rings. The van der Waals surface area contributed by atoms with Crippen LogP contribution in [0, 0.1) is 5.82 Å². The molecule has 0 saturated carbocycles. The van der Waals surface area contributed by atoms with Crippen molar-refractivity contribution >= 4 is 11.7 Å². The Labute approximate surface area is 163 Å². The van der Waals surface area contributed by atoms with Crippen LogP contribution in [0.5, 0.6) is 11.5 Å². The quantitative estimate of drug-likeness (QED) is 0.877. The van der Waals surface area contributed by atoms with Crippen molar-refractivity contribution in [3.05, 3.63) is 47.9 Å². The lowest BCUT2D eigenvalue weighted by atomic mass is 9.83. The SMILES string of the molecule is CC(C)(C(=O)NC1CCN(c2ncccc2F)C1)c1ccc2c(c1)OCCO2. The monoisotopic (exact) mass is 385 g/mol. The van der Waals surface area contributed by atoms with Gasteiger partial charge in [0.1, 0.15) is 13.2 Å². The number of hydrogen-bond acceptors (Lipinski definition) is 5. The van der Waals surface area contributed by atoms with Crippen LogP contribution >= 0.6 is 0 Å². The zero-order valence-corrected chi connectivity index (χ0v) is 16.1. The van der Waals surface area contributed by atoms with Gasteiger partial charge in [0.05, 0.1) is 5.41 Å². The second-order valence-electron chi connectivity index (χ2n) is 7.70. The molecule has 1 N–H and O–H groups in total.